The fourth-order valence-electron chi connectivity index (χ4n) is 7.03. The maximum Gasteiger partial charge on any atom is 0.330 e. The zero-order chi connectivity index (χ0) is 15.5. The molecule has 0 aromatic carbocycles. The van der Waals surface area contributed by atoms with Crippen molar-refractivity contribution in [3.8, 4) is 0 Å². The smallest absolute Gasteiger partial charge is 0.330 e. The van der Waals surface area contributed by atoms with Crippen molar-refractivity contribution >= 4 is 5.97 Å². The molecule has 0 heterocycles. The summed E-state index contributed by atoms with van der Waals surface area (Å²) in [6.45, 7) is 4.23. The molecule has 0 aliphatic heterocycles. The van der Waals surface area contributed by atoms with Crippen LogP contribution in [0.15, 0.2) is 11.6 Å². The van der Waals surface area contributed by atoms with E-state index in [1.165, 1.54) is 51.4 Å². The third-order valence-corrected chi connectivity index (χ3v) is 7.94. The molecule has 22 heavy (non-hydrogen) atoms. The molecule has 0 spiro atoms. The molecule has 4 rings (SSSR count). The molecule has 0 aromatic heterocycles. The minimum absolute atomic E-state index is 0.127. The molecule has 4 saturated carbocycles. The van der Waals surface area contributed by atoms with Crippen LogP contribution in [0.3, 0.4) is 0 Å². The van der Waals surface area contributed by atoms with Gasteiger partial charge in [-0.3, -0.25) is 0 Å². The van der Waals surface area contributed by atoms with E-state index in [4.69, 9.17) is 0 Å². The van der Waals surface area contributed by atoms with E-state index in [1.807, 2.05) is 0 Å². The van der Waals surface area contributed by atoms with Gasteiger partial charge in [0.1, 0.15) is 0 Å². The zero-order valence-corrected chi connectivity index (χ0v) is 14.1. The zero-order valence-electron chi connectivity index (χ0n) is 14.1. The number of carboxylic acid groups (broad SMARTS) is 1. The van der Waals surface area contributed by atoms with Gasteiger partial charge < -0.3 is 5.11 Å². The van der Waals surface area contributed by atoms with E-state index in [0.29, 0.717) is 5.57 Å². The maximum absolute atomic E-state index is 11.5. The quantitative estimate of drug-likeness (QED) is 0.750. The van der Waals surface area contributed by atoms with E-state index >= 15 is 0 Å². The Balaban J connectivity index is 1.68. The van der Waals surface area contributed by atoms with Crippen molar-refractivity contribution in [3.05, 3.63) is 11.6 Å². The van der Waals surface area contributed by atoms with Gasteiger partial charge in [0.05, 0.1) is 0 Å². The first kappa shape index (κ1) is 14.8. The summed E-state index contributed by atoms with van der Waals surface area (Å²) in [5, 5.41) is 9.43. The van der Waals surface area contributed by atoms with Gasteiger partial charge in [0.25, 0.3) is 0 Å². The van der Waals surface area contributed by atoms with Crippen molar-refractivity contribution in [3.63, 3.8) is 0 Å². The topological polar surface area (TPSA) is 37.3 Å². The van der Waals surface area contributed by atoms with Crippen LogP contribution in [0.2, 0.25) is 0 Å². The number of rotatable bonds is 4. The molecule has 1 N–H and O–H groups in total. The highest BCUT2D eigenvalue weighted by molar-refractivity contribution is 5.85. The lowest BCUT2D eigenvalue weighted by atomic mass is 9.58. The lowest BCUT2D eigenvalue weighted by Gasteiger charge is -2.46. The lowest BCUT2D eigenvalue weighted by Crippen LogP contribution is -2.39. The Kier molecular flexibility index (Phi) is 3.43. The van der Waals surface area contributed by atoms with E-state index in [2.05, 4.69) is 13.0 Å². The Hall–Kier alpha value is -0.790. The minimum Gasteiger partial charge on any atom is -0.478 e. The molecule has 2 nitrogen and oxygen atoms in total. The Morgan fingerprint density at radius 1 is 0.955 bits per heavy atom. The van der Waals surface area contributed by atoms with Crippen molar-refractivity contribution in [2.24, 2.45) is 40.9 Å². The number of hydrogen-bond acceptors (Lipinski definition) is 1. The van der Waals surface area contributed by atoms with E-state index in [1.54, 1.807) is 6.92 Å². The third kappa shape index (κ3) is 2.17. The van der Waals surface area contributed by atoms with Crippen LogP contribution in [0, 0.1) is 40.9 Å². The van der Waals surface area contributed by atoms with Gasteiger partial charge in [-0.15, -0.1) is 0 Å². The second-order valence-corrected chi connectivity index (χ2v) is 9.06. The van der Waals surface area contributed by atoms with Crippen molar-refractivity contribution < 1.29 is 9.90 Å². The van der Waals surface area contributed by atoms with Gasteiger partial charge in [-0.05, 0) is 86.4 Å². The maximum atomic E-state index is 11.5. The lowest BCUT2D eigenvalue weighted by molar-refractivity contribution is -0.132. The summed E-state index contributed by atoms with van der Waals surface area (Å²) in [5.74, 6) is 4.36. The van der Waals surface area contributed by atoms with Crippen LogP contribution < -0.4 is 0 Å². The molecule has 0 amide bonds. The normalized spacial score (nSPS) is 46.2. The molecule has 6 unspecified atom stereocenters. The average molecular weight is 302 g/mol. The van der Waals surface area contributed by atoms with Crippen LogP contribution in [-0.4, -0.2) is 11.1 Å². The predicted molar refractivity (Wildman–Crippen MR) is 87.4 cm³/mol. The molecule has 4 bridgehead atoms. The molecular formula is C20H30O2. The monoisotopic (exact) mass is 302 g/mol. The first-order chi connectivity index (χ1) is 10.5. The Morgan fingerprint density at radius 2 is 1.45 bits per heavy atom. The summed E-state index contributed by atoms with van der Waals surface area (Å²) in [4.78, 5) is 11.5. The number of allylic oxidation sites excluding steroid dienone is 1. The summed E-state index contributed by atoms with van der Waals surface area (Å²) in [6, 6.07) is 0. The molecule has 2 heteroatoms. The van der Waals surface area contributed by atoms with Gasteiger partial charge in [-0.25, -0.2) is 4.79 Å². The molecule has 6 atom stereocenters. The highest BCUT2D eigenvalue weighted by Crippen LogP contribution is 2.63. The number of aliphatic carboxylic acids is 1. The molecule has 4 aliphatic rings. The summed E-state index contributed by atoms with van der Waals surface area (Å²) in [5.41, 5.74) is 0.704. The summed E-state index contributed by atoms with van der Waals surface area (Å²) in [7, 11) is 0. The molecule has 122 valence electrons. The van der Waals surface area contributed by atoms with E-state index in [9.17, 15) is 9.90 Å². The van der Waals surface area contributed by atoms with Crippen molar-refractivity contribution in [2.75, 3.05) is 0 Å². The van der Waals surface area contributed by atoms with Crippen molar-refractivity contribution in [2.45, 2.75) is 65.2 Å². The summed E-state index contributed by atoms with van der Waals surface area (Å²) >= 11 is 0. The summed E-state index contributed by atoms with van der Waals surface area (Å²) in [6.07, 6.45) is 13.4. The van der Waals surface area contributed by atoms with Crippen LogP contribution in [0.5, 0.6) is 0 Å². The number of fused-ring (bicyclic) bond motifs is 4. The van der Waals surface area contributed by atoms with Crippen molar-refractivity contribution in [1.29, 1.82) is 0 Å². The first-order valence-corrected chi connectivity index (χ1v) is 9.40. The highest BCUT2D eigenvalue weighted by Gasteiger charge is 2.55. The van der Waals surface area contributed by atoms with Crippen LogP contribution in [-0.2, 0) is 4.79 Å². The largest absolute Gasteiger partial charge is 0.478 e. The first-order valence-electron chi connectivity index (χ1n) is 9.40. The highest BCUT2D eigenvalue weighted by atomic mass is 16.4. The van der Waals surface area contributed by atoms with Crippen LogP contribution >= 0.6 is 0 Å². The van der Waals surface area contributed by atoms with Gasteiger partial charge in [-0.1, -0.05) is 25.8 Å². The molecule has 4 fully saturated rings. The van der Waals surface area contributed by atoms with E-state index < -0.39 is 5.97 Å². The third-order valence-electron chi connectivity index (χ3n) is 7.94. The van der Waals surface area contributed by atoms with Gasteiger partial charge in [0.2, 0.25) is 0 Å². The number of carboxylic acids is 1. The van der Waals surface area contributed by atoms with Crippen LogP contribution in [0.4, 0.5) is 0 Å². The van der Waals surface area contributed by atoms with Crippen LogP contribution in [0.25, 0.3) is 0 Å². The standard InChI is InChI=1S/C20H30O2/c1-12(19(21)22)11-20(2,17-9-13-3-5-15(17)7-13)18-10-14-4-6-16(18)8-14/h11,13-18H,3-10H2,1-2H3,(H,21,22). The average Bonchev–Trinajstić information content (AvgIpc) is 3.26. The van der Waals surface area contributed by atoms with Crippen LogP contribution in [0.1, 0.15) is 65.2 Å². The Bertz CT molecular complexity index is 478. The van der Waals surface area contributed by atoms with Gasteiger partial charge in [0, 0.05) is 5.57 Å². The molecule has 0 radical (unpaired) electrons. The van der Waals surface area contributed by atoms with Crippen molar-refractivity contribution in [1.82, 2.24) is 0 Å². The molecular weight excluding hydrogens is 272 g/mol. The molecule has 0 aromatic rings. The fourth-order valence-corrected chi connectivity index (χ4v) is 7.03. The second-order valence-electron chi connectivity index (χ2n) is 9.06. The summed E-state index contributed by atoms with van der Waals surface area (Å²) < 4.78 is 0. The second kappa shape index (κ2) is 5.11. The number of hydrogen-bond donors (Lipinski definition) is 1. The Labute approximate surface area is 134 Å². The SMILES string of the molecule is CC(=CC(C)(C1CC2CCC1C2)C1CC2CCC1C2)C(=O)O. The fraction of sp³-hybridized carbons (Fsp3) is 0.850. The predicted octanol–water partition coefficient (Wildman–Crippen LogP) is 4.90. The van der Waals surface area contributed by atoms with E-state index in [-0.39, 0.29) is 5.41 Å². The van der Waals surface area contributed by atoms with Gasteiger partial charge in [0.15, 0.2) is 0 Å². The van der Waals surface area contributed by atoms with Gasteiger partial charge in [-0.2, -0.15) is 0 Å². The van der Waals surface area contributed by atoms with Gasteiger partial charge >= 0.3 is 5.97 Å². The van der Waals surface area contributed by atoms with E-state index in [0.717, 1.165) is 35.5 Å². The molecule has 0 saturated heterocycles. The minimum atomic E-state index is -0.725. The Morgan fingerprint density at radius 3 is 1.77 bits per heavy atom. The molecule has 4 aliphatic carbocycles. The number of carbonyl (C=O) groups is 1.